The summed E-state index contributed by atoms with van der Waals surface area (Å²) in [6.45, 7) is 9.92. The number of ether oxygens (including phenoxy) is 2. The van der Waals surface area contributed by atoms with Crippen LogP contribution >= 0.6 is 0 Å². The van der Waals surface area contributed by atoms with Gasteiger partial charge in [-0.3, -0.25) is 9.69 Å². The van der Waals surface area contributed by atoms with Crippen molar-refractivity contribution in [1.82, 2.24) is 4.90 Å². The SMILES string of the molecule is CCOc1cc(OCC)cc(C(=O)Nc2ccc(N3CCN(Cc4ccccc4)CC3)cc2)c1. The molecule has 0 saturated carbocycles. The molecule has 1 aliphatic heterocycles. The third-order valence-electron chi connectivity index (χ3n) is 5.88. The second-order valence-electron chi connectivity index (χ2n) is 8.31. The van der Waals surface area contributed by atoms with Crippen molar-refractivity contribution in [2.24, 2.45) is 0 Å². The van der Waals surface area contributed by atoms with Gasteiger partial charge < -0.3 is 19.7 Å². The lowest BCUT2D eigenvalue weighted by Crippen LogP contribution is -2.45. The van der Waals surface area contributed by atoms with Crippen LogP contribution in [0.3, 0.4) is 0 Å². The van der Waals surface area contributed by atoms with Gasteiger partial charge in [0.15, 0.2) is 0 Å². The molecule has 1 aliphatic rings. The zero-order valence-corrected chi connectivity index (χ0v) is 20.0. The fourth-order valence-electron chi connectivity index (χ4n) is 4.17. The van der Waals surface area contributed by atoms with Crippen LogP contribution in [0, 0.1) is 0 Å². The van der Waals surface area contributed by atoms with Crippen molar-refractivity contribution >= 4 is 17.3 Å². The predicted molar refractivity (Wildman–Crippen MR) is 137 cm³/mol. The monoisotopic (exact) mass is 459 g/mol. The first-order valence-corrected chi connectivity index (χ1v) is 12.0. The lowest BCUT2D eigenvalue weighted by molar-refractivity contribution is 0.102. The number of anilines is 2. The number of hydrogen-bond donors (Lipinski definition) is 1. The smallest absolute Gasteiger partial charge is 0.255 e. The Morgan fingerprint density at radius 1 is 0.824 bits per heavy atom. The molecule has 34 heavy (non-hydrogen) atoms. The van der Waals surface area contributed by atoms with Gasteiger partial charge in [-0.25, -0.2) is 0 Å². The molecule has 0 bridgehead atoms. The second kappa shape index (κ2) is 11.6. The summed E-state index contributed by atoms with van der Waals surface area (Å²) in [4.78, 5) is 17.8. The Kier molecular flexibility index (Phi) is 8.04. The molecule has 6 heteroatoms. The highest BCUT2D eigenvalue weighted by atomic mass is 16.5. The van der Waals surface area contributed by atoms with E-state index in [4.69, 9.17) is 9.47 Å². The highest BCUT2D eigenvalue weighted by Crippen LogP contribution is 2.25. The fourth-order valence-corrected chi connectivity index (χ4v) is 4.17. The highest BCUT2D eigenvalue weighted by molar-refractivity contribution is 6.04. The molecule has 0 atom stereocenters. The summed E-state index contributed by atoms with van der Waals surface area (Å²) in [6, 6.07) is 24.0. The van der Waals surface area contributed by atoms with E-state index in [0.29, 0.717) is 30.3 Å². The van der Waals surface area contributed by atoms with Gasteiger partial charge in [0.25, 0.3) is 5.91 Å². The summed E-state index contributed by atoms with van der Waals surface area (Å²) in [6.07, 6.45) is 0. The van der Waals surface area contributed by atoms with Gasteiger partial charge >= 0.3 is 0 Å². The van der Waals surface area contributed by atoms with E-state index < -0.39 is 0 Å². The maximum atomic E-state index is 12.9. The van der Waals surface area contributed by atoms with Gasteiger partial charge in [0, 0.05) is 55.7 Å². The molecular weight excluding hydrogens is 426 g/mol. The minimum Gasteiger partial charge on any atom is -0.494 e. The topological polar surface area (TPSA) is 54.0 Å². The number of carbonyl (C=O) groups excluding carboxylic acids is 1. The third kappa shape index (κ3) is 6.29. The number of piperazine rings is 1. The third-order valence-corrected chi connectivity index (χ3v) is 5.88. The van der Waals surface area contributed by atoms with Crippen LogP contribution in [0.2, 0.25) is 0 Å². The molecule has 0 radical (unpaired) electrons. The van der Waals surface area contributed by atoms with Crippen LogP contribution in [0.15, 0.2) is 72.8 Å². The Labute approximate surface area is 202 Å². The van der Waals surface area contributed by atoms with E-state index in [1.54, 1.807) is 18.2 Å². The Morgan fingerprint density at radius 3 is 2.03 bits per heavy atom. The predicted octanol–water partition coefficient (Wildman–Crippen LogP) is 5.06. The summed E-state index contributed by atoms with van der Waals surface area (Å²) >= 11 is 0. The molecule has 6 nitrogen and oxygen atoms in total. The standard InChI is InChI=1S/C28H33N3O3/c1-3-33-26-18-23(19-27(20-26)34-4-2)28(32)29-24-10-12-25(13-11-24)31-16-14-30(15-17-31)21-22-8-6-5-7-9-22/h5-13,18-20H,3-4,14-17,21H2,1-2H3,(H,29,32). The molecule has 178 valence electrons. The Balaban J connectivity index is 1.34. The van der Waals surface area contributed by atoms with Crippen LogP contribution in [0.5, 0.6) is 11.5 Å². The second-order valence-corrected chi connectivity index (χ2v) is 8.31. The van der Waals surface area contributed by atoms with Crippen LogP contribution in [0.4, 0.5) is 11.4 Å². The number of amides is 1. The average Bonchev–Trinajstić information content (AvgIpc) is 2.86. The zero-order valence-electron chi connectivity index (χ0n) is 20.0. The van der Waals surface area contributed by atoms with E-state index in [-0.39, 0.29) is 5.91 Å². The van der Waals surface area contributed by atoms with Gasteiger partial charge in [0.2, 0.25) is 0 Å². The van der Waals surface area contributed by atoms with Gasteiger partial charge in [-0.1, -0.05) is 30.3 Å². The van der Waals surface area contributed by atoms with Crippen molar-refractivity contribution in [2.75, 3.05) is 49.6 Å². The van der Waals surface area contributed by atoms with Crippen LogP contribution < -0.4 is 19.7 Å². The van der Waals surface area contributed by atoms with E-state index in [1.807, 2.05) is 26.0 Å². The molecule has 0 spiro atoms. The molecule has 1 N–H and O–H groups in total. The average molecular weight is 460 g/mol. The minimum atomic E-state index is -0.190. The first-order chi connectivity index (χ1) is 16.6. The molecule has 0 aliphatic carbocycles. The first kappa shape index (κ1) is 23.6. The van der Waals surface area contributed by atoms with Crippen LogP contribution in [0.1, 0.15) is 29.8 Å². The Morgan fingerprint density at radius 2 is 1.44 bits per heavy atom. The maximum absolute atomic E-state index is 12.9. The quantitative estimate of drug-likeness (QED) is 0.485. The van der Waals surface area contributed by atoms with E-state index in [1.165, 1.54) is 11.3 Å². The summed E-state index contributed by atoms with van der Waals surface area (Å²) in [7, 11) is 0. The van der Waals surface area contributed by atoms with Crippen LogP contribution in [0.25, 0.3) is 0 Å². The molecule has 1 saturated heterocycles. The van der Waals surface area contributed by atoms with Gasteiger partial charge in [0.05, 0.1) is 13.2 Å². The molecule has 3 aromatic carbocycles. The Bertz CT molecular complexity index is 1040. The zero-order chi connectivity index (χ0) is 23.8. The van der Waals surface area contributed by atoms with E-state index in [0.717, 1.165) is 38.4 Å². The molecule has 0 aromatic heterocycles. The maximum Gasteiger partial charge on any atom is 0.255 e. The number of rotatable bonds is 9. The lowest BCUT2D eigenvalue weighted by Gasteiger charge is -2.36. The van der Waals surface area contributed by atoms with Crippen molar-refractivity contribution in [3.8, 4) is 11.5 Å². The van der Waals surface area contributed by atoms with Crippen LogP contribution in [-0.2, 0) is 6.54 Å². The van der Waals surface area contributed by atoms with Gasteiger partial charge in [-0.05, 0) is 55.8 Å². The Hall–Kier alpha value is -3.51. The van der Waals surface area contributed by atoms with E-state index >= 15 is 0 Å². The summed E-state index contributed by atoms with van der Waals surface area (Å²) in [5.41, 5.74) is 3.80. The minimum absolute atomic E-state index is 0.190. The summed E-state index contributed by atoms with van der Waals surface area (Å²) < 4.78 is 11.2. The first-order valence-electron chi connectivity index (χ1n) is 12.0. The van der Waals surface area contributed by atoms with Crippen molar-refractivity contribution in [1.29, 1.82) is 0 Å². The molecule has 1 amide bonds. The normalized spacial score (nSPS) is 14.0. The summed E-state index contributed by atoms with van der Waals surface area (Å²) in [5, 5.41) is 2.98. The molecule has 0 unspecified atom stereocenters. The van der Waals surface area contributed by atoms with Gasteiger partial charge in [-0.15, -0.1) is 0 Å². The lowest BCUT2D eigenvalue weighted by atomic mass is 10.1. The molecule has 1 fully saturated rings. The number of carbonyl (C=O) groups is 1. The van der Waals surface area contributed by atoms with Crippen molar-refractivity contribution < 1.29 is 14.3 Å². The fraction of sp³-hybridized carbons (Fsp3) is 0.321. The number of nitrogens with one attached hydrogen (secondary N) is 1. The molecule has 1 heterocycles. The van der Waals surface area contributed by atoms with E-state index in [9.17, 15) is 4.79 Å². The van der Waals surface area contributed by atoms with Crippen molar-refractivity contribution in [3.05, 3.63) is 83.9 Å². The van der Waals surface area contributed by atoms with Crippen molar-refractivity contribution in [2.45, 2.75) is 20.4 Å². The highest BCUT2D eigenvalue weighted by Gasteiger charge is 2.17. The van der Waals surface area contributed by atoms with Crippen LogP contribution in [-0.4, -0.2) is 50.2 Å². The number of hydrogen-bond acceptors (Lipinski definition) is 5. The molecule has 4 rings (SSSR count). The summed E-state index contributed by atoms with van der Waals surface area (Å²) in [5.74, 6) is 1.06. The number of nitrogens with zero attached hydrogens (tertiary/aromatic N) is 2. The molecule has 3 aromatic rings. The van der Waals surface area contributed by atoms with Gasteiger partial charge in [-0.2, -0.15) is 0 Å². The number of benzene rings is 3. The largest absolute Gasteiger partial charge is 0.494 e. The molecular formula is C28H33N3O3. The van der Waals surface area contributed by atoms with Gasteiger partial charge in [0.1, 0.15) is 11.5 Å². The van der Waals surface area contributed by atoms with E-state index in [2.05, 4.69) is 57.6 Å². The van der Waals surface area contributed by atoms with Crippen molar-refractivity contribution in [3.63, 3.8) is 0 Å².